The van der Waals surface area contributed by atoms with E-state index in [1.54, 1.807) is 0 Å². The highest BCUT2D eigenvalue weighted by atomic mass is 35.5. The number of primary amides is 1. The van der Waals surface area contributed by atoms with Gasteiger partial charge in [0, 0.05) is 6.20 Å². The van der Waals surface area contributed by atoms with Crippen molar-refractivity contribution in [2.24, 2.45) is 5.73 Å². The molecule has 0 unspecified atom stereocenters. The van der Waals surface area contributed by atoms with Crippen molar-refractivity contribution in [3.05, 3.63) is 28.2 Å². The maximum absolute atomic E-state index is 10.5. The average molecular weight is 302 g/mol. The number of carbonyl (C=O) groups excluding carboxylic acids is 1. The number of carbonyl (C=O) groups is 1. The Morgan fingerprint density at radius 1 is 1.47 bits per heavy atom. The van der Waals surface area contributed by atoms with Crippen molar-refractivity contribution in [1.29, 1.82) is 0 Å². The van der Waals surface area contributed by atoms with Gasteiger partial charge in [-0.3, -0.25) is 10.1 Å². The van der Waals surface area contributed by atoms with Crippen LogP contribution in [0.5, 0.6) is 0 Å². The second-order valence-electron chi connectivity index (χ2n) is 3.57. The molecule has 2 rings (SSSR count). The summed E-state index contributed by atoms with van der Waals surface area (Å²) in [7, 11) is 0. The zero-order chi connectivity index (χ0) is 13.8. The third kappa shape index (κ3) is 3.63. The Labute approximate surface area is 118 Å². The average Bonchev–Trinajstić information content (AvgIpc) is 2.77. The number of hydrogen-bond donors (Lipinski definition) is 2. The van der Waals surface area contributed by atoms with E-state index < -0.39 is 5.91 Å². The summed E-state index contributed by atoms with van der Waals surface area (Å²) in [6.45, 7) is 0.249. The quantitative estimate of drug-likeness (QED) is 0.853. The number of rotatable bonds is 5. The van der Waals surface area contributed by atoms with Gasteiger partial charge in [-0.25, -0.2) is 4.98 Å². The van der Waals surface area contributed by atoms with Gasteiger partial charge < -0.3 is 10.3 Å². The van der Waals surface area contributed by atoms with E-state index in [9.17, 15) is 4.79 Å². The van der Waals surface area contributed by atoms with Crippen LogP contribution >= 0.6 is 23.2 Å². The van der Waals surface area contributed by atoms with E-state index in [4.69, 9.17) is 33.5 Å². The summed E-state index contributed by atoms with van der Waals surface area (Å²) in [5, 5.41) is 7.23. The lowest BCUT2D eigenvalue weighted by atomic mass is 10.3. The first kappa shape index (κ1) is 13.7. The minimum Gasteiger partial charge on any atom is -0.369 e. The van der Waals surface area contributed by atoms with Crippen LogP contribution in [0.25, 0.3) is 11.5 Å². The van der Waals surface area contributed by atoms with E-state index in [-0.39, 0.29) is 18.9 Å². The predicted molar refractivity (Wildman–Crippen MR) is 68.5 cm³/mol. The lowest BCUT2D eigenvalue weighted by Gasteiger charge is -1.97. The van der Waals surface area contributed by atoms with Crippen molar-refractivity contribution in [1.82, 2.24) is 20.4 Å². The van der Waals surface area contributed by atoms with E-state index in [2.05, 4.69) is 20.4 Å². The number of pyridine rings is 1. The second-order valence-corrected chi connectivity index (χ2v) is 4.41. The molecule has 2 heterocycles. The van der Waals surface area contributed by atoms with Crippen molar-refractivity contribution >= 4 is 29.1 Å². The molecule has 100 valence electrons. The SMILES string of the molecule is NC(=O)CNCc1nc(-c2ncc(Cl)cc2Cl)no1. The Hall–Kier alpha value is -1.70. The minimum absolute atomic E-state index is 0.0255. The summed E-state index contributed by atoms with van der Waals surface area (Å²) in [6, 6.07) is 1.53. The molecular weight excluding hydrogens is 293 g/mol. The van der Waals surface area contributed by atoms with E-state index in [1.165, 1.54) is 12.3 Å². The van der Waals surface area contributed by atoms with Crippen molar-refractivity contribution in [3.8, 4) is 11.5 Å². The van der Waals surface area contributed by atoms with Crippen LogP contribution < -0.4 is 11.1 Å². The van der Waals surface area contributed by atoms with Crippen molar-refractivity contribution < 1.29 is 9.32 Å². The normalized spacial score (nSPS) is 10.6. The van der Waals surface area contributed by atoms with Crippen LogP contribution in [0.3, 0.4) is 0 Å². The lowest BCUT2D eigenvalue weighted by molar-refractivity contribution is -0.117. The van der Waals surface area contributed by atoms with Gasteiger partial charge in [0.1, 0.15) is 5.69 Å². The van der Waals surface area contributed by atoms with Gasteiger partial charge in [-0.15, -0.1) is 0 Å². The van der Waals surface area contributed by atoms with Crippen LogP contribution in [0.2, 0.25) is 10.0 Å². The molecule has 0 saturated heterocycles. The van der Waals surface area contributed by atoms with Gasteiger partial charge in [-0.2, -0.15) is 4.98 Å². The zero-order valence-corrected chi connectivity index (χ0v) is 11.1. The predicted octanol–water partition coefficient (Wildman–Crippen LogP) is 1.01. The molecule has 0 fully saturated rings. The number of nitrogens with zero attached hydrogens (tertiary/aromatic N) is 3. The Balaban J connectivity index is 2.10. The van der Waals surface area contributed by atoms with Crippen molar-refractivity contribution in [3.63, 3.8) is 0 Å². The highest BCUT2D eigenvalue weighted by molar-refractivity contribution is 6.35. The minimum atomic E-state index is -0.470. The molecule has 19 heavy (non-hydrogen) atoms. The fraction of sp³-hybridized carbons (Fsp3) is 0.200. The molecule has 0 bridgehead atoms. The first-order valence-corrected chi connectivity index (χ1v) is 5.95. The Bertz CT molecular complexity index is 601. The monoisotopic (exact) mass is 301 g/mol. The van der Waals surface area contributed by atoms with Gasteiger partial charge in [0.05, 0.1) is 23.1 Å². The molecule has 7 nitrogen and oxygen atoms in total. The summed E-state index contributed by atoms with van der Waals surface area (Å²) in [4.78, 5) is 18.7. The molecular formula is C10H9Cl2N5O2. The van der Waals surface area contributed by atoms with Gasteiger partial charge in [0.25, 0.3) is 0 Å². The summed E-state index contributed by atoms with van der Waals surface area (Å²) in [6.07, 6.45) is 1.43. The first-order valence-electron chi connectivity index (χ1n) is 5.19. The fourth-order valence-corrected chi connectivity index (χ4v) is 1.76. The number of halogens is 2. The maximum atomic E-state index is 10.5. The molecule has 2 aromatic heterocycles. The van der Waals surface area contributed by atoms with E-state index in [0.29, 0.717) is 21.6 Å². The van der Waals surface area contributed by atoms with Crippen LogP contribution in [0.4, 0.5) is 0 Å². The van der Waals surface area contributed by atoms with Crippen LogP contribution in [-0.4, -0.2) is 27.6 Å². The van der Waals surface area contributed by atoms with Gasteiger partial charge in [0.2, 0.25) is 17.6 Å². The number of aromatic nitrogens is 3. The lowest BCUT2D eigenvalue weighted by Crippen LogP contribution is -2.28. The first-order chi connectivity index (χ1) is 9.06. The number of amides is 1. The van der Waals surface area contributed by atoms with E-state index in [1.807, 2.05) is 0 Å². The molecule has 0 aliphatic carbocycles. The molecule has 1 amide bonds. The topological polar surface area (TPSA) is 107 Å². The van der Waals surface area contributed by atoms with Gasteiger partial charge in [-0.05, 0) is 6.07 Å². The molecule has 0 saturated carbocycles. The van der Waals surface area contributed by atoms with Gasteiger partial charge in [-0.1, -0.05) is 28.4 Å². The summed E-state index contributed by atoms with van der Waals surface area (Å²) in [5.41, 5.74) is 5.35. The highest BCUT2D eigenvalue weighted by Crippen LogP contribution is 2.25. The Morgan fingerprint density at radius 3 is 2.95 bits per heavy atom. The summed E-state index contributed by atoms with van der Waals surface area (Å²) < 4.78 is 4.98. The molecule has 0 spiro atoms. The number of nitrogens with two attached hydrogens (primary N) is 1. The van der Waals surface area contributed by atoms with Crippen molar-refractivity contribution in [2.75, 3.05) is 6.54 Å². The summed E-state index contributed by atoms with van der Waals surface area (Å²) in [5.74, 6) is 0.0729. The number of nitrogens with one attached hydrogen (secondary N) is 1. The van der Waals surface area contributed by atoms with Crippen LogP contribution in [0.1, 0.15) is 5.89 Å². The van der Waals surface area contributed by atoms with Crippen LogP contribution in [0.15, 0.2) is 16.8 Å². The van der Waals surface area contributed by atoms with Gasteiger partial charge in [0.15, 0.2) is 0 Å². The third-order valence-electron chi connectivity index (χ3n) is 2.06. The fourth-order valence-electron chi connectivity index (χ4n) is 1.29. The highest BCUT2D eigenvalue weighted by Gasteiger charge is 2.13. The third-order valence-corrected chi connectivity index (χ3v) is 2.56. The second kappa shape index (κ2) is 5.96. The summed E-state index contributed by atoms with van der Waals surface area (Å²) >= 11 is 11.7. The molecule has 0 aromatic carbocycles. The van der Waals surface area contributed by atoms with Crippen LogP contribution in [0, 0.1) is 0 Å². The number of hydrogen-bond acceptors (Lipinski definition) is 6. The molecule has 0 radical (unpaired) electrons. The smallest absolute Gasteiger partial charge is 0.240 e. The standard InChI is InChI=1S/C10H9Cl2N5O2/c11-5-1-6(12)9(15-2-5)10-16-8(19-17-10)4-14-3-7(13)18/h1-2,14H,3-4H2,(H2,13,18). The Morgan fingerprint density at radius 2 is 2.26 bits per heavy atom. The Kier molecular flexibility index (Phi) is 4.31. The molecule has 3 N–H and O–H groups in total. The van der Waals surface area contributed by atoms with Gasteiger partial charge >= 0.3 is 0 Å². The zero-order valence-electron chi connectivity index (χ0n) is 9.56. The van der Waals surface area contributed by atoms with Crippen LogP contribution in [-0.2, 0) is 11.3 Å². The molecule has 0 aliphatic rings. The van der Waals surface area contributed by atoms with E-state index in [0.717, 1.165) is 0 Å². The molecule has 9 heteroatoms. The molecule has 2 aromatic rings. The molecule has 0 aliphatic heterocycles. The van der Waals surface area contributed by atoms with E-state index >= 15 is 0 Å². The largest absolute Gasteiger partial charge is 0.369 e. The maximum Gasteiger partial charge on any atom is 0.240 e. The van der Waals surface area contributed by atoms with Crippen molar-refractivity contribution in [2.45, 2.75) is 6.54 Å². The molecule has 0 atom stereocenters.